The van der Waals surface area contributed by atoms with Crippen LogP contribution in [-0.2, 0) is 17.8 Å². The van der Waals surface area contributed by atoms with E-state index in [4.69, 9.17) is 0 Å². The first kappa shape index (κ1) is 19.6. The zero-order valence-corrected chi connectivity index (χ0v) is 15.9. The van der Waals surface area contributed by atoms with Crippen molar-refractivity contribution >= 4 is 11.6 Å². The van der Waals surface area contributed by atoms with Crippen molar-refractivity contribution < 1.29 is 9.72 Å². The third kappa shape index (κ3) is 4.68. The quantitative estimate of drug-likeness (QED) is 0.606. The molecule has 0 saturated carbocycles. The summed E-state index contributed by atoms with van der Waals surface area (Å²) >= 11 is 0. The molecule has 0 aliphatic carbocycles. The number of amides is 1. The Hall–Kier alpha value is -2.70. The summed E-state index contributed by atoms with van der Waals surface area (Å²) in [5.74, 6) is 0.368. The fraction of sp³-hybridized carbons (Fsp3) is 0.474. The molecule has 1 amide bonds. The zero-order chi connectivity index (χ0) is 19.4. The summed E-state index contributed by atoms with van der Waals surface area (Å²) in [4.78, 5) is 22.9. The molecule has 1 N–H and O–H groups in total. The second kappa shape index (κ2) is 8.12. The van der Waals surface area contributed by atoms with Crippen LogP contribution < -0.4 is 5.32 Å². The van der Waals surface area contributed by atoms with Crippen molar-refractivity contribution in [2.75, 3.05) is 0 Å². The molecule has 7 nitrogen and oxygen atoms in total. The number of nitrogens with zero attached hydrogens (tertiary/aromatic N) is 3. The van der Waals surface area contributed by atoms with Gasteiger partial charge in [-0.2, -0.15) is 5.10 Å². The molecule has 0 radical (unpaired) electrons. The first-order valence-corrected chi connectivity index (χ1v) is 8.75. The number of aromatic nitrogens is 2. The highest BCUT2D eigenvalue weighted by atomic mass is 16.6. The smallest absolute Gasteiger partial charge is 0.312 e. The predicted octanol–water partition coefficient (Wildman–Crippen LogP) is 3.48. The molecule has 0 saturated heterocycles. The number of benzene rings is 1. The highest BCUT2D eigenvalue weighted by Crippen LogP contribution is 2.22. The lowest BCUT2D eigenvalue weighted by atomic mass is 10.00. The largest absolute Gasteiger partial charge is 0.348 e. The number of nitrogens with one attached hydrogen (secondary N) is 1. The van der Waals surface area contributed by atoms with Crippen LogP contribution in [0.5, 0.6) is 0 Å². The van der Waals surface area contributed by atoms with Crippen molar-refractivity contribution in [2.45, 2.75) is 53.6 Å². The molecule has 0 fully saturated rings. The van der Waals surface area contributed by atoms with E-state index >= 15 is 0 Å². The first-order chi connectivity index (χ1) is 12.2. The van der Waals surface area contributed by atoms with E-state index in [0.717, 1.165) is 12.0 Å². The van der Waals surface area contributed by atoms with Gasteiger partial charge in [0.1, 0.15) is 17.9 Å². The summed E-state index contributed by atoms with van der Waals surface area (Å²) in [5.41, 5.74) is 2.96. The molecule has 1 heterocycles. The molecule has 26 heavy (non-hydrogen) atoms. The minimum absolute atomic E-state index is 0.0356. The van der Waals surface area contributed by atoms with Crippen molar-refractivity contribution in [1.29, 1.82) is 0 Å². The summed E-state index contributed by atoms with van der Waals surface area (Å²) < 4.78 is 1.38. The molecule has 0 spiro atoms. The van der Waals surface area contributed by atoms with Gasteiger partial charge in [0, 0.05) is 0 Å². The normalized spacial score (nSPS) is 12.2. The summed E-state index contributed by atoms with van der Waals surface area (Å²) in [6.07, 6.45) is 1.03. The predicted molar refractivity (Wildman–Crippen MR) is 99.9 cm³/mol. The van der Waals surface area contributed by atoms with E-state index in [9.17, 15) is 14.9 Å². The second-order valence-corrected chi connectivity index (χ2v) is 7.06. The molecule has 0 aliphatic heterocycles. The maximum Gasteiger partial charge on any atom is 0.312 e. The number of rotatable bonds is 7. The van der Waals surface area contributed by atoms with Gasteiger partial charge in [0.25, 0.3) is 0 Å². The highest BCUT2D eigenvalue weighted by Gasteiger charge is 2.23. The SMILES string of the molecule is Cc1nn(CC(=O)N[C@H](C)c2ccc(CC(C)C)cc2)c(C)c1[N+](=O)[O-]. The molecule has 2 rings (SSSR count). The summed E-state index contributed by atoms with van der Waals surface area (Å²) in [5, 5.41) is 18.1. The lowest BCUT2D eigenvalue weighted by Gasteiger charge is -2.15. The Morgan fingerprint density at radius 1 is 1.23 bits per heavy atom. The molecule has 0 bridgehead atoms. The van der Waals surface area contributed by atoms with Crippen molar-refractivity contribution in [3.05, 3.63) is 56.9 Å². The van der Waals surface area contributed by atoms with Gasteiger partial charge in [-0.3, -0.25) is 19.6 Å². The number of nitro groups is 1. The van der Waals surface area contributed by atoms with Gasteiger partial charge in [0.15, 0.2) is 0 Å². The Bertz CT molecular complexity index is 794. The van der Waals surface area contributed by atoms with Gasteiger partial charge in [-0.25, -0.2) is 0 Å². The van der Waals surface area contributed by atoms with E-state index < -0.39 is 4.92 Å². The third-order valence-electron chi connectivity index (χ3n) is 4.32. The molecule has 7 heteroatoms. The molecular weight excluding hydrogens is 332 g/mol. The average molecular weight is 358 g/mol. The maximum absolute atomic E-state index is 12.3. The molecule has 2 aromatic rings. The van der Waals surface area contributed by atoms with Crippen LogP contribution in [0.3, 0.4) is 0 Å². The van der Waals surface area contributed by atoms with E-state index in [-0.39, 0.29) is 24.2 Å². The van der Waals surface area contributed by atoms with Crippen LogP contribution >= 0.6 is 0 Å². The third-order valence-corrected chi connectivity index (χ3v) is 4.32. The standard InChI is InChI=1S/C19H26N4O3/c1-12(2)10-16-6-8-17(9-7-16)13(3)20-18(24)11-22-15(5)19(23(25)26)14(4)21-22/h6-9,12-13H,10-11H2,1-5H3,(H,20,24)/t13-/m1/s1. The molecule has 0 aliphatic rings. The number of carbonyl (C=O) groups excluding carboxylic acids is 1. The zero-order valence-electron chi connectivity index (χ0n) is 15.9. The van der Waals surface area contributed by atoms with E-state index in [1.165, 1.54) is 10.2 Å². The lowest BCUT2D eigenvalue weighted by molar-refractivity contribution is -0.386. The summed E-state index contributed by atoms with van der Waals surface area (Å²) in [7, 11) is 0. The molecule has 1 atom stereocenters. The van der Waals surface area contributed by atoms with Crippen molar-refractivity contribution in [3.8, 4) is 0 Å². The van der Waals surface area contributed by atoms with Gasteiger partial charge >= 0.3 is 5.69 Å². The molecule has 140 valence electrons. The van der Waals surface area contributed by atoms with Gasteiger partial charge in [-0.1, -0.05) is 38.1 Å². The van der Waals surface area contributed by atoms with E-state index in [0.29, 0.717) is 17.3 Å². The van der Waals surface area contributed by atoms with Gasteiger partial charge < -0.3 is 5.32 Å². The van der Waals surface area contributed by atoms with Crippen molar-refractivity contribution in [3.63, 3.8) is 0 Å². The van der Waals surface area contributed by atoms with E-state index in [1.807, 2.05) is 19.1 Å². The number of hydrogen-bond donors (Lipinski definition) is 1. The van der Waals surface area contributed by atoms with Crippen LogP contribution in [0, 0.1) is 29.9 Å². The molecule has 1 aromatic heterocycles. The van der Waals surface area contributed by atoms with Crippen LogP contribution in [0.1, 0.15) is 49.3 Å². The maximum atomic E-state index is 12.3. The molecular formula is C19H26N4O3. The van der Waals surface area contributed by atoms with Gasteiger partial charge in [0.05, 0.1) is 11.0 Å². The summed E-state index contributed by atoms with van der Waals surface area (Å²) in [6.45, 7) is 9.40. The van der Waals surface area contributed by atoms with Crippen LogP contribution in [-0.4, -0.2) is 20.6 Å². The van der Waals surface area contributed by atoms with E-state index in [1.54, 1.807) is 13.8 Å². The molecule has 0 unspecified atom stereocenters. The Morgan fingerprint density at radius 2 is 1.85 bits per heavy atom. The fourth-order valence-corrected chi connectivity index (χ4v) is 3.03. The highest BCUT2D eigenvalue weighted by molar-refractivity contribution is 5.76. The summed E-state index contributed by atoms with van der Waals surface area (Å²) in [6, 6.07) is 8.07. The Morgan fingerprint density at radius 3 is 2.35 bits per heavy atom. The van der Waals surface area contributed by atoms with Crippen molar-refractivity contribution in [2.24, 2.45) is 5.92 Å². The van der Waals surface area contributed by atoms with Crippen molar-refractivity contribution in [1.82, 2.24) is 15.1 Å². The van der Waals surface area contributed by atoms with Crippen LogP contribution in [0.25, 0.3) is 0 Å². The van der Waals surface area contributed by atoms with Crippen LogP contribution in [0.15, 0.2) is 24.3 Å². The first-order valence-electron chi connectivity index (χ1n) is 8.75. The lowest BCUT2D eigenvalue weighted by Crippen LogP contribution is -2.30. The Labute approximate surface area is 153 Å². The van der Waals surface area contributed by atoms with Gasteiger partial charge in [0.2, 0.25) is 5.91 Å². The van der Waals surface area contributed by atoms with Gasteiger partial charge in [-0.05, 0) is 44.2 Å². The monoisotopic (exact) mass is 358 g/mol. The Kier molecular flexibility index (Phi) is 6.13. The average Bonchev–Trinajstić information content (AvgIpc) is 2.81. The fourth-order valence-electron chi connectivity index (χ4n) is 3.03. The topological polar surface area (TPSA) is 90.1 Å². The minimum Gasteiger partial charge on any atom is -0.348 e. The van der Waals surface area contributed by atoms with E-state index in [2.05, 4.69) is 36.4 Å². The molecule has 1 aromatic carbocycles. The second-order valence-electron chi connectivity index (χ2n) is 7.06. The number of hydrogen-bond acceptors (Lipinski definition) is 4. The number of aryl methyl sites for hydroxylation is 1. The Balaban J connectivity index is 2.01. The minimum atomic E-state index is -0.465. The van der Waals surface area contributed by atoms with Crippen LogP contribution in [0.2, 0.25) is 0 Å². The number of carbonyl (C=O) groups is 1. The van der Waals surface area contributed by atoms with Gasteiger partial charge in [-0.15, -0.1) is 0 Å². The van der Waals surface area contributed by atoms with Crippen LogP contribution in [0.4, 0.5) is 5.69 Å².